The van der Waals surface area contributed by atoms with Crippen molar-refractivity contribution >= 4 is 0 Å². The Labute approximate surface area is 104 Å². The topological polar surface area (TPSA) is 18.5 Å². The molecule has 2 fully saturated rings. The van der Waals surface area contributed by atoms with Crippen LogP contribution in [0.25, 0.3) is 0 Å². The van der Waals surface area contributed by atoms with E-state index in [0.29, 0.717) is 19.6 Å². The van der Waals surface area contributed by atoms with E-state index in [0.717, 1.165) is 32.7 Å². The van der Waals surface area contributed by atoms with Gasteiger partial charge >= 0.3 is 0 Å². The SMILES string of the molecule is CC(C)(C)CN1CC(F)(CN2CCNCC2)C1. The van der Waals surface area contributed by atoms with Crippen molar-refractivity contribution in [3.05, 3.63) is 0 Å². The Hall–Kier alpha value is -0.190. The van der Waals surface area contributed by atoms with Crippen LogP contribution in [0.2, 0.25) is 0 Å². The molecule has 2 aliphatic heterocycles. The number of hydrogen-bond donors (Lipinski definition) is 1. The lowest BCUT2D eigenvalue weighted by Gasteiger charge is -2.49. The number of likely N-dealkylation sites (tertiary alicyclic amines) is 1. The van der Waals surface area contributed by atoms with Gasteiger partial charge in [0, 0.05) is 52.4 Å². The summed E-state index contributed by atoms with van der Waals surface area (Å²) in [6.45, 7) is 13.5. The normalized spacial score (nSPS) is 26.8. The van der Waals surface area contributed by atoms with Crippen molar-refractivity contribution in [3.63, 3.8) is 0 Å². The van der Waals surface area contributed by atoms with Gasteiger partial charge in [0.25, 0.3) is 0 Å². The zero-order valence-corrected chi connectivity index (χ0v) is 11.4. The molecule has 0 bridgehead atoms. The first kappa shape index (κ1) is 13.2. The minimum absolute atomic E-state index is 0.274. The molecule has 0 aromatic heterocycles. The lowest BCUT2D eigenvalue weighted by Crippen LogP contribution is -2.65. The third-order valence-corrected chi connectivity index (χ3v) is 3.43. The average molecular weight is 243 g/mol. The van der Waals surface area contributed by atoms with E-state index in [1.165, 1.54) is 0 Å². The molecule has 2 heterocycles. The van der Waals surface area contributed by atoms with Gasteiger partial charge in [0.1, 0.15) is 5.67 Å². The summed E-state index contributed by atoms with van der Waals surface area (Å²) in [5.41, 5.74) is -0.682. The van der Waals surface area contributed by atoms with Gasteiger partial charge in [0.2, 0.25) is 0 Å². The average Bonchev–Trinajstić information content (AvgIpc) is 2.14. The van der Waals surface area contributed by atoms with Gasteiger partial charge in [-0.15, -0.1) is 0 Å². The molecule has 0 amide bonds. The first-order valence-corrected chi connectivity index (χ1v) is 6.71. The van der Waals surface area contributed by atoms with Crippen LogP contribution in [0.3, 0.4) is 0 Å². The molecule has 0 unspecified atom stereocenters. The zero-order valence-electron chi connectivity index (χ0n) is 11.4. The van der Waals surface area contributed by atoms with Gasteiger partial charge in [0.05, 0.1) is 0 Å². The lowest BCUT2D eigenvalue weighted by molar-refractivity contribution is -0.0667. The molecule has 0 saturated carbocycles. The third kappa shape index (κ3) is 3.90. The van der Waals surface area contributed by atoms with Crippen LogP contribution in [0, 0.1) is 5.41 Å². The zero-order chi connectivity index (χ0) is 12.5. The summed E-state index contributed by atoms with van der Waals surface area (Å²) in [4.78, 5) is 4.49. The Morgan fingerprint density at radius 2 is 1.71 bits per heavy atom. The van der Waals surface area contributed by atoms with Crippen LogP contribution in [-0.4, -0.2) is 67.8 Å². The number of nitrogens with zero attached hydrogens (tertiary/aromatic N) is 2. The first-order chi connectivity index (χ1) is 7.86. The lowest BCUT2D eigenvalue weighted by atomic mass is 9.89. The Balaban J connectivity index is 1.72. The number of piperazine rings is 1. The molecule has 2 rings (SSSR count). The van der Waals surface area contributed by atoms with E-state index in [1.807, 2.05) is 0 Å². The number of nitrogens with one attached hydrogen (secondary N) is 1. The third-order valence-electron chi connectivity index (χ3n) is 3.43. The van der Waals surface area contributed by atoms with Gasteiger partial charge in [-0.1, -0.05) is 20.8 Å². The Morgan fingerprint density at radius 1 is 1.12 bits per heavy atom. The smallest absolute Gasteiger partial charge is 0.148 e. The summed E-state index contributed by atoms with van der Waals surface area (Å²) in [6.07, 6.45) is 0. The molecule has 1 N–H and O–H groups in total. The van der Waals surface area contributed by atoms with Gasteiger partial charge in [-0.2, -0.15) is 0 Å². The number of hydrogen-bond acceptors (Lipinski definition) is 3. The summed E-state index contributed by atoms with van der Waals surface area (Å²) < 4.78 is 14.4. The first-order valence-electron chi connectivity index (χ1n) is 6.71. The van der Waals surface area contributed by atoms with E-state index >= 15 is 0 Å². The van der Waals surface area contributed by atoms with Gasteiger partial charge < -0.3 is 5.32 Å². The molecule has 2 aliphatic rings. The summed E-state index contributed by atoms with van der Waals surface area (Å²) in [7, 11) is 0. The molecule has 17 heavy (non-hydrogen) atoms. The Kier molecular flexibility index (Phi) is 3.76. The van der Waals surface area contributed by atoms with Gasteiger partial charge in [0.15, 0.2) is 0 Å². The Bertz CT molecular complexity index is 250. The molecule has 2 saturated heterocycles. The number of alkyl halides is 1. The van der Waals surface area contributed by atoms with Crippen LogP contribution in [0.4, 0.5) is 4.39 Å². The summed E-state index contributed by atoms with van der Waals surface area (Å²) in [5, 5.41) is 3.30. The Morgan fingerprint density at radius 3 is 2.24 bits per heavy atom. The highest BCUT2D eigenvalue weighted by molar-refractivity contribution is 4.99. The molecular weight excluding hydrogens is 217 g/mol. The fraction of sp³-hybridized carbons (Fsp3) is 1.00. The predicted octanol–water partition coefficient (Wildman–Crippen LogP) is 0.962. The molecule has 100 valence electrons. The van der Waals surface area contributed by atoms with E-state index in [4.69, 9.17) is 0 Å². The summed E-state index contributed by atoms with van der Waals surface area (Å²) in [5.74, 6) is 0. The minimum Gasteiger partial charge on any atom is -0.314 e. The fourth-order valence-corrected chi connectivity index (χ4v) is 2.91. The van der Waals surface area contributed by atoms with Crippen molar-refractivity contribution in [1.29, 1.82) is 0 Å². The molecule has 0 atom stereocenters. The van der Waals surface area contributed by atoms with Gasteiger partial charge in [-0.25, -0.2) is 4.39 Å². The van der Waals surface area contributed by atoms with E-state index < -0.39 is 5.67 Å². The maximum atomic E-state index is 14.4. The molecule has 4 heteroatoms. The van der Waals surface area contributed by atoms with E-state index in [9.17, 15) is 4.39 Å². The minimum atomic E-state index is -0.956. The monoisotopic (exact) mass is 243 g/mol. The molecule has 0 aromatic carbocycles. The van der Waals surface area contributed by atoms with E-state index in [1.54, 1.807) is 0 Å². The number of halogens is 1. The van der Waals surface area contributed by atoms with E-state index in [2.05, 4.69) is 35.9 Å². The van der Waals surface area contributed by atoms with Gasteiger partial charge in [-0.05, 0) is 5.41 Å². The van der Waals surface area contributed by atoms with Crippen LogP contribution in [0.15, 0.2) is 0 Å². The predicted molar refractivity (Wildman–Crippen MR) is 69.0 cm³/mol. The fourth-order valence-electron chi connectivity index (χ4n) is 2.91. The second-order valence-corrected chi connectivity index (χ2v) is 6.88. The van der Waals surface area contributed by atoms with Crippen LogP contribution < -0.4 is 5.32 Å². The van der Waals surface area contributed by atoms with Crippen LogP contribution in [0.5, 0.6) is 0 Å². The molecule has 0 spiro atoms. The molecule has 0 aromatic rings. The molecular formula is C13H26FN3. The van der Waals surface area contributed by atoms with Crippen molar-refractivity contribution in [1.82, 2.24) is 15.1 Å². The van der Waals surface area contributed by atoms with Gasteiger partial charge in [-0.3, -0.25) is 9.80 Å². The summed E-state index contributed by atoms with van der Waals surface area (Å²) in [6, 6.07) is 0. The van der Waals surface area contributed by atoms with Crippen LogP contribution in [-0.2, 0) is 0 Å². The maximum Gasteiger partial charge on any atom is 0.148 e. The molecule has 0 radical (unpaired) electrons. The standard InChI is InChI=1S/C13H26FN3/c1-12(2,3)8-17-10-13(14,11-17)9-16-6-4-15-5-7-16/h15H,4-11H2,1-3H3. The van der Waals surface area contributed by atoms with Crippen molar-refractivity contribution in [2.45, 2.75) is 26.4 Å². The second-order valence-electron chi connectivity index (χ2n) is 6.88. The largest absolute Gasteiger partial charge is 0.314 e. The molecule has 0 aliphatic carbocycles. The quantitative estimate of drug-likeness (QED) is 0.796. The summed E-state index contributed by atoms with van der Waals surface area (Å²) >= 11 is 0. The van der Waals surface area contributed by atoms with Crippen molar-refractivity contribution in [3.8, 4) is 0 Å². The van der Waals surface area contributed by atoms with Crippen molar-refractivity contribution in [2.24, 2.45) is 5.41 Å². The highest BCUT2D eigenvalue weighted by atomic mass is 19.1. The van der Waals surface area contributed by atoms with Crippen molar-refractivity contribution in [2.75, 3.05) is 52.4 Å². The maximum absolute atomic E-state index is 14.4. The van der Waals surface area contributed by atoms with Crippen LogP contribution >= 0.6 is 0 Å². The highest BCUT2D eigenvalue weighted by Crippen LogP contribution is 2.29. The van der Waals surface area contributed by atoms with Crippen LogP contribution in [0.1, 0.15) is 20.8 Å². The molecule has 3 nitrogen and oxygen atoms in total. The van der Waals surface area contributed by atoms with Crippen molar-refractivity contribution < 1.29 is 4.39 Å². The second kappa shape index (κ2) is 4.82. The van der Waals surface area contributed by atoms with E-state index in [-0.39, 0.29) is 5.41 Å². The number of rotatable bonds is 3. The highest BCUT2D eigenvalue weighted by Gasteiger charge is 2.45.